The number of halogens is 1. The number of methoxy groups -OCH3 is 1. The number of amides is 1. The number of rotatable bonds is 6. The van der Waals surface area contributed by atoms with Crippen molar-refractivity contribution in [2.24, 2.45) is 0 Å². The summed E-state index contributed by atoms with van der Waals surface area (Å²) in [5, 5.41) is 3.68. The molecule has 0 saturated heterocycles. The topological polar surface area (TPSA) is 67.3 Å². The van der Waals surface area contributed by atoms with Gasteiger partial charge in [-0.25, -0.2) is 9.97 Å². The van der Waals surface area contributed by atoms with Gasteiger partial charge in [0.05, 0.1) is 12.8 Å². The van der Waals surface area contributed by atoms with Crippen LogP contribution in [-0.2, 0) is 6.54 Å². The smallest absolute Gasteiger partial charge is 0.272 e. The van der Waals surface area contributed by atoms with Crippen molar-refractivity contribution in [3.63, 3.8) is 0 Å². The molecule has 0 spiro atoms. The quantitative estimate of drug-likeness (QED) is 0.693. The number of carbonyl (C=O) groups excluding carboxylic acids is 1. The minimum Gasteiger partial charge on any atom is -0.495 e. The molecule has 0 radical (unpaired) electrons. The largest absolute Gasteiger partial charge is 0.495 e. The fourth-order valence-electron chi connectivity index (χ4n) is 2.58. The van der Waals surface area contributed by atoms with Crippen LogP contribution >= 0.6 is 11.6 Å². The van der Waals surface area contributed by atoms with Crippen molar-refractivity contribution >= 4 is 29.0 Å². The fraction of sp³-hybridized carbons (Fsp3) is 0.150. The minimum absolute atomic E-state index is 0.192. The maximum atomic E-state index is 12.7. The predicted molar refractivity (Wildman–Crippen MR) is 106 cm³/mol. The van der Waals surface area contributed by atoms with Crippen LogP contribution in [0.15, 0.2) is 60.9 Å². The van der Waals surface area contributed by atoms with E-state index in [9.17, 15) is 4.79 Å². The van der Waals surface area contributed by atoms with Crippen LogP contribution in [0, 0.1) is 0 Å². The highest BCUT2D eigenvalue weighted by atomic mass is 35.5. The van der Waals surface area contributed by atoms with Gasteiger partial charge in [0.2, 0.25) is 0 Å². The first-order valence-corrected chi connectivity index (χ1v) is 8.66. The third-order valence-corrected chi connectivity index (χ3v) is 4.15. The molecule has 2 aromatic carbocycles. The summed E-state index contributed by atoms with van der Waals surface area (Å²) in [4.78, 5) is 22.6. The van der Waals surface area contributed by atoms with Gasteiger partial charge in [-0.05, 0) is 23.8 Å². The van der Waals surface area contributed by atoms with Crippen LogP contribution in [0.4, 0.5) is 11.5 Å². The number of benzene rings is 2. The second-order valence-electron chi connectivity index (χ2n) is 5.90. The molecule has 0 saturated carbocycles. The summed E-state index contributed by atoms with van der Waals surface area (Å²) in [5.74, 6) is 0.900. The van der Waals surface area contributed by atoms with Gasteiger partial charge in [-0.3, -0.25) is 4.79 Å². The standard InChI is InChI=1S/C20H19ClN4O2/c1-25(12-14-6-4-3-5-7-14)20(26)17-11-19(23-13-22-17)24-16-10-15(21)8-9-18(16)27-2/h3-11,13H,12H2,1-2H3,(H,22,23,24). The lowest BCUT2D eigenvalue weighted by molar-refractivity contribution is 0.0779. The molecule has 0 aliphatic heterocycles. The number of carbonyl (C=O) groups is 1. The molecule has 7 heteroatoms. The molecule has 0 bridgehead atoms. The number of hydrogen-bond acceptors (Lipinski definition) is 5. The third kappa shape index (κ3) is 4.74. The number of ether oxygens (including phenoxy) is 1. The van der Waals surface area contributed by atoms with Gasteiger partial charge in [-0.1, -0.05) is 41.9 Å². The zero-order chi connectivity index (χ0) is 19.2. The summed E-state index contributed by atoms with van der Waals surface area (Å²) in [6.07, 6.45) is 1.35. The normalized spacial score (nSPS) is 10.3. The summed E-state index contributed by atoms with van der Waals surface area (Å²) < 4.78 is 5.32. The average Bonchev–Trinajstić information content (AvgIpc) is 2.68. The summed E-state index contributed by atoms with van der Waals surface area (Å²) in [6, 6.07) is 16.6. The molecule has 1 heterocycles. The fourth-order valence-corrected chi connectivity index (χ4v) is 2.76. The molecule has 3 rings (SSSR count). The van der Waals surface area contributed by atoms with Crippen molar-refractivity contribution in [3.8, 4) is 5.75 Å². The van der Waals surface area contributed by atoms with Gasteiger partial charge in [0.15, 0.2) is 0 Å². The molecule has 0 unspecified atom stereocenters. The highest BCUT2D eigenvalue weighted by Crippen LogP contribution is 2.30. The van der Waals surface area contributed by atoms with Crippen molar-refractivity contribution in [1.82, 2.24) is 14.9 Å². The van der Waals surface area contributed by atoms with E-state index < -0.39 is 0 Å². The zero-order valence-electron chi connectivity index (χ0n) is 15.0. The highest BCUT2D eigenvalue weighted by molar-refractivity contribution is 6.31. The van der Waals surface area contributed by atoms with E-state index in [4.69, 9.17) is 16.3 Å². The third-order valence-electron chi connectivity index (χ3n) is 3.92. The molecule has 0 aliphatic rings. The maximum absolute atomic E-state index is 12.7. The minimum atomic E-state index is -0.192. The number of anilines is 2. The Balaban J connectivity index is 1.77. The van der Waals surface area contributed by atoms with Crippen molar-refractivity contribution in [2.75, 3.05) is 19.5 Å². The van der Waals surface area contributed by atoms with Gasteiger partial charge in [0, 0.05) is 24.7 Å². The van der Waals surface area contributed by atoms with Crippen LogP contribution < -0.4 is 10.1 Å². The Morgan fingerprint density at radius 2 is 1.93 bits per heavy atom. The van der Waals surface area contributed by atoms with E-state index in [1.165, 1.54) is 6.33 Å². The second kappa shape index (κ2) is 8.51. The molecule has 0 atom stereocenters. The van der Waals surface area contributed by atoms with Crippen molar-refractivity contribution in [2.45, 2.75) is 6.54 Å². The summed E-state index contributed by atoms with van der Waals surface area (Å²) in [7, 11) is 3.31. The first-order valence-electron chi connectivity index (χ1n) is 8.29. The maximum Gasteiger partial charge on any atom is 0.272 e. The summed E-state index contributed by atoms with van der Waals surface area (Å²) in [6.45, 7) is 0.495. The lowest BCUT2D eigenvalue weighted by atomic mass is 10.2. The lowest BCUT2D eigenvalue weighted by Gasteiger charge is -2.17. The van der Waals surface area contributed by atoms with Crippen LogP contribution in [-0.4, -0.2) is 34.9 Å². The van der Waals surface area contributed by atoms with Gasteiger partial charge in [-0.15, -0.1) is 0 Å². The number of hydrogen-bond donors (Lipinski definition) is 1. The van der Waals surface area contributed by atoms with E-state index in [1.807, 2.05) is 30.3 Å². The van der Waals surface area contributed by atoms with E-state index in [0.29, 0.717) is 34.5 Å². The van der Waals surface area contributed by atoms with Crippen LogP contribution in [0.5, 0.6) is 5.75 Å². The predicted octanol–water partition coefficient (Wildman–Crippen LogP) is 4.15. The van der Waals surface area contributed by atoms with Crippen LogP contribution in [0.1, 0.15) is 16.1 Å². The molecule has 6 nitrogen and oxygen atoms in total. The van der Waals surface area contributed by atoms with Gasteiger partial charge >= 0.3 is 0 Å². The van der Waals surface area contributed by atoms with E-state index >= 15 is 0 Å². The average molecular weight is 383 g/mol. The summed E-state index contributed by atoms with van der Waals surface area (Å²) >= 11 is 6.05. The second-order valence-corrected chi connectivity index (χ2v) is 6.34. The first kappa shape index (κ1) is 18.7. The molecular formula is C20H19ClN4O2. The number of nitrogens with one attached hydrogen (secondary N) is 1. The molecule has 3 aromatic rings. The number of nitrogens with zero attached hydrogens (tertiary/aromatic N) is 3. The first-order chi connectivity index (χ1) is 13.1. The van der Waals surface area contributed by atoms with Crippen molar-refractivity contribution in [3.05, 3.63) is 77.2 Å². The molecule has 1 aromatic heterocycles. The van der Waals surface area contributed by atoms with Gasteiger partial charge in [0.25, 0.3) is 5.91 Å². The molecule has 138 valence electrons. The molecular weight excluding hydrogens is 364 g/mol. The van der Waals surface area contributed by atoms with Gasteiger partial charge < -0.3 is 15.0 Å². The SMILES string of the molecule is COc1ccc(Cl)cc1Nc1cc(C(=O)N(C)Cc2ccccc2)ncn1. The Bertz CT molecular complexity index is 934. The molecule has 27 heavy (non-hydrogen) atoms. The summed E-state index contributed by atoms with van der Waals surface area (Å²) in [5.41, 5.74) is 2.00. The number of aromatic nitrogens is 2. The Labute approximate surface area is 162 Å². The monoisotopic (exact) mass is 382 g/mol. The van der Waals surface area contributed by atoms with Crippen LogP contribution in [0.3, 0.4) is 0 Å². The van der Waals surface area contributed by atoms with E-state index in [1.54, 1.807) is 43.3 Å². The molecule has 0 aliphatic carbocycles. The van der Waals surface area contributed by atoms with Gasteiger partial charge in [0.1, 0.15) is 23.6 Å². The Morgan fingerprint density at radius 1 is 1.15 bits per heavy atom. The van der Waals surface area contributed by atoms with Gasteiger partial charge in [-0.2, -0.15) is 0 Å². The Morgan fingerprint density at radius 3 is 2.67 bits per heavy atom. The van der Waals surface area contributed by atoms with Crippen LogP contribution in [0.2, 0.25) is 5.02 Å². The van der Waals surface area contributed by atoms with E-state index in [0.717, 1.165) is 5.56 Å². The van der Waals surface area contributed by atoms with E-state index in [2.05, 4.69) is 15.3 Å². The van der Waals surface area contributed by atoms with Crippen molar-refractivity contribution in [1.29, 1.82) is 0 Å². The van der Waals surface area contributed by atoms with Crippen molar-refractivity contribution < 1.29 is 9.53 Å². The van der Waals surface area contributed by atoms with Crippen LogP contribution in [0.25, 0.3) is 0 Å². The Hall–Kier alpha value is -3.12. The van der Waals surface area contributed by atoms with E-state index in [-0.39, 0.29) is 5.91 Å². The highest BCUT2D eigenvalue weighted by Gasteiger charge is 2.15. The lowest BCUT2D eigenvalue weighted by Crippen LogP contribution is -2.27. The molecule has 1 amide bonds. The zero-order valence-corrected chi connectivity index (χ0v) is 15.8. The molecule has 0 fully saturated rings. The Kier molecular flexibility index (Phi) is 5.88. The molecule has 1 N–H and O–H groups in total.